The monoisotopic (exact) mass is 270 g/mol. The van der Waals surface area contributed by atoms with Gasteiger partial charge in [0.05, 0.1) is 4.58 Å². The standard InChI is InChI=1S/C12H11FO2S2/c1-7(6-10-16-12(15)17-10)11(14)8-2-4-9(13)5-3-8/h2-5,7,10H,6H2,1H3. The number of Topliss-reactive ketones (excluding diaryl/α,β-unsaturated/α-hetero) is 1. The second kappa shape index (κ2) is 5.23. The van der Waals surface area contributed by atoms with E-state index in [0.29, 0.717) is 12.0 Å². The summed E-state index contributed by atoms with van der Waals surface area (Å²) in [6, 6.07) is 5.58. The summed E-state index contributed by atoms with van der Waals surface area (Å²) in [5, 5.41) is 0. The van der Waals surface area contributed by atoms with E-state index in [4.69, 9.17) is 0 Å². The Morgan fingerprint density at radius 2 is 1.94 bits per heavy atom. The molecule has 1 atom stereocenters. The number of benzene rings is 1. The summed E-state index contributed by atoms with van der Waals surface area (Å²) in [6.45, 7) is 1.84. The van der Waals surface area contributed by atoms with Gasteiger partial charge in [0, 0.05) is 11.5 Å². The van der Waals surface area contributed by atoms with Gasteiger partial charge in [0.2, 0.25) is 4.45 Å². The molecule has 0 aliphatic carbocycles. The smallest absolute Gasteiger partial charge is 0.248 e. The number of hydrogen-bond acceptors (Lipinski definition) is 4. The zero-order valence-corrected chi connectivity index (χ0v) is 10.8. The Kier molecular flexibility index (Phi) is 3.89. The third kappa shape index (κ3) is 3.10. The molecule has 0 spiro atoms. The maximum absolute atomic E-state index is 12.7. The molecule has 1 unspecified atom stereocenters. The normalized spacial score (nSPS) is 17.6. The SMILES string of the molecule is CC(CC1SC(=O)S1)C(=O)c1ccc(F)cc1. The minimum Gasteiger partial charge on any atom is -0.294 e. The van der Waals surface area contributed by atoms with Crippen molar-refractivity contribution in [3.63, 3.8) is 0 Å². The van der Waals surface area contributed by atoms with Crippen LogP contribution in [0.1, 0.15) is 23.7 Å². The molecule has 1 aliphatic rings. The Balaban J connectivity index is 1.94. The van der Waals surface area contributed by atoms with E-state index in [1.54, 1.807) is 0 Å². The molecule has 0 aromatic heterocycles. The maximum atomic E-state index is 12.7. The summed E-state index contributed by atoms with van der Waals surface area (Å²) < 4.78 is 13.0. The minimum absolute atomic E-state index is 0.00514. The van der Waals surface area contributed by atoms with Crippen LogP contribution in [0.5, 0.6) is 0 Å². The highest BCUT2D eigenvalue weighted by molar-refractivity contribution is 8.53. The van der Waals surface area contributed by atoms with E-state index < -0.39 is 0 Å². The molecule has 1 aromatic carbocycles. The number of thioether (sulfide) groups is 2. The molecular formula is C12H11FO2S2. The quantitative estimate of drug-likeness (QED) is 0.775. The van der Waals surface area contributed by atoms with Crippen molar-refractivity contribution in [1.29, 1.82) is 0 Å². The largest absolute Gasteiger partial charge is 0.294 e. The molecule has 0 bridgehead atoms. The second-order valence-electron chi connectivity index (χ2n) is 3.92. The van der Waals surface area contributed by atoms with Crippen LogP contribution in [0.2, 0.25) is 0 Å². The Morgan fingerprint density at radius 3 is 2.47 bits per heavy atom. The molecule has 2 rings (SSSR count). The van der Waals surface area contributed by atoms with Crippen LogP contribution in [0.15, 0.2) is 24.3 Å². The van der Waals surface area contributed by atoms with Crippen molar-refractivity contribution in [2.45, 2.75) is 17.9 Å². The molecule has 1 saturated heterocycles. The van der Waals surface area contributed by atoms with Crippen molar-refractivity contribution in [3.8, 4) is 0 Å². The summed E-state index contributed by atoms with van der Waals surface area (Å²) >= 11 is 2.57. The molecular weight excluding hydrogens is 259 g/mol. The highest BCUT2D eigenvalue weighted by atomic mass is 32.3. The van der Waals surface area contributed by atoms with Gasteiger partial charge >= 0.3 is 0 Å². The fraction of sp³-hybridized carbons (Fsp3) is 0.333. The lowest BCUT2D eigenvalue weighted by Crippen LogP contribution is -2.20. The Hall–Kier alpha value is -0.810. The van der Waals surface area contributed by atoms with Crippen molar-refractivity contribution in [2.24, 2.45) is 5.92 Å². The Morgan fingerprint density at radius 1 is 1.35 bits per heavy atom. The first-order valence-corrected chi connectivity index (χ1v) is 6.99. The summed E-state index contributed by atoms with van der Waals surface area (Å²) in [5.74, 6) is -0.478. The van der Waals surface area contributed by atoms with Crippen LogP contribution in [-0.2, 0) is 0 Å². The molecule has 0 amide bonds. The van der Waals surface area contributed by atoms with Crippen LogP contribution in [-0.4, -0.2) is 14.8 Å². The minimum atomic E-state index is -0.343. The molecule has 1 fully saturated rings. The van der Waals surface area contributed by atoms with Gasteiger partial charge in [-0.2, -0.15) is 0 Å². The molecule has 2 nitrogen and oxygen atoms in total. The first kappa shape index (κ1) is 12.6. The number of ketones is 1. The molecule has 90 valence electrons. The molecule has 17 heavy (non-hydrogen) atoms. The highest BCUT2D eigenvalue weighted by Gasteiger charge is 2.32. The number of carbonyl (C=O) groups excluding carboxylic acids is 2. The lowest BCUT2D eigenvalue weighted by atomic mass is 9.97. The summed E-state index contributed by atoms with van der Waals surface area (Å²) in [4.78, 5) is 22.8. The van der Waals surface area contributed by atoms with Crippen LogP contribution in [0.25, 0.3) is 0 Å². The van der Waals surface area contributed by atoms with Crippen LogP contribution < -0.4 is 0 Å². The molecule has 1 aliphatic heterocycles. The zero-order chi connectivity index (χ0) is 12.4. The van der Waals surface area contributed by atoms with Gasteiger partial charge in [0.1, 0.15) is 5.82 Å². The van der Waals surface area contributed by atoms with Gasteiger partial charge < -0.3 is 0 Å². The van der Waals surface area contributed by atoms with Crippen molar-refractivity contribution in [3.05, 3.63) is 35.6 Å². The van der Waals surface area contributed by atoms with E-state index in [1.165, 1.54) is 47.8 Å². The summed E-state index contributed by atoms with van der Waals surface area (Å²) in [7, 11) is 0. The van der Waals surface area contributed by atoms with Crippen molar-refractivity contribution < 1.29 is 14.0 Å². The first-order valence-electron chi connectivity index (χ1n) is 5.23. The molecule has 0 saturated carbocycles. The average molecular weight is 270 g/mol. The van der Waals surface area contributed by atoms with Crippen molar-refractivity contribution in [1.82, 2.24) is 0 Å². The van der Waals surface area contributed by atoms with Gasteiger partial charge in [0.15, 0.2) is 5.78 Å². The van der Waals surface area contributed by atoms with E-state index in [2.05, 4.69) is 0 Å². The average Bonchev–Trinajstić information content (AvgIpc) is 2.27. The molecule has 0 radical (unpaired) electrons. The Labute approximate surface area is 107 Å². The maximum Gasteiger partial charge on any atom is 0.248 e. The third-order valence-electron chi connectivity index (χ3n) is 2.58. The van der Waals surface area contributed by atoms with Gasteiger partial charge in [-0.05, 0) is 30.7 Å². The van der Waals surface area contributed by atoms with Crippen LogP contribution in [0.4, 0.5) is 9.18 Å². The highest BCUT2D eigenvalue weighted by Crippen LogP contribution is 2.45. The van der Waals surface area contributed by atoms with E-state index in [0.717, 1.165) is 0 Å². The first-order chi connectivity index (χ1) is 8.06. The fourth-order valence-corrected chi connectivity index (χ4v) is 3.76. The number of hydrogen-bond donors (Lipinski definition) is 0. The van der Waals surface area contributed by atoms with Crippen LogP contribution >= 0.6 is 23.5 Å². The lowest BCUT2D eigenvalue weighted by molar-refractivity contribution is 0.0926. The van der Waals surface area contributed by atoms with Gasteiger partial charge in [-0.3, -0.25) is 9.59 Å². The molecule has 5 heteroatoms. The summed E-state index contributed by atoms with van der Waals surface area (Å²) in [6.07, 6.45) is 0.678. The van der Waals surface area contributed by atoms with Crippen LogP contribution in [0.3, 0.4) is 0 Å². The predicted molar refractivity (Wildman–Crippen MR) is 68.9 cm³/mol. The topological polar surface area (TPSA) is 34.1 Å². The number of rotatable bonds is 4. The van der Waals surface area contributed by atoms with Gasteiger partial charge in [-0.15, -0.1) is 0 Å². The zero-order valence-electron chi connectivity index (χ0n) is 9.18. The van der Waals surface area contributed by atoms with Gasteiger partial charge in [0.25, 0.3) is 0 Å². The number of halogens is 1. The predicted octanol–water partition coefficient (Wildman–Crippen LogP) is 3.96. The van der Waals surface area contributed by atoms with E-state index in [1.807, 2.05) is 6.92 Å². The van der Waals surface area contributed by atoms with E-state index in [9.17, 15) is 14.0 Å². The van der Waals surface area contributed by atoms with E-state index in [-0.39, 0.29) is 26.5 Å². The lowest BCUT2D eigenvalue weighted by Gasteiger charge is -2.24. The fourth-order valence-electron chi connectivity index (χ4n) is 1.61. The van der Waals surface area contributed by atoms with E-state index >= 15 is 0 Å². The van der Waals surface area contributed by atoms with Crippen LogP contribution in [0, 0.1) is 11.7 Å². The number of carbonyl (C=O) groups is 2. The second-order valence-corrected chi connectivity index (χ2v) is 6.83. The van der Waals surface area contributed by atoms with Crippen molar-refractivity contribution >= 4 is 33.8 Å². The third-order valence-corrected chi connectivity index (χ3v) is 5.03. The molecule has 1 heterocycles. The summed E-state index contributed by atoms with van der Waals surface area (Å²) in [5.41, 5.74) is 0.527. The van der Waals surface area contributed by atoms with Gasteiger partial charge in [-0.25, -0.2) is 4.39 Å². The van der Waals surface area contributed by atoms with Gasteiger partial charge in [-0.1, -0.05) is 30.4 Å². The molecule has 0 N–H and O–H groups in total. The van der Waals surface area contributed by atoms with Crippen molar-refractivity contribution in [2.75, 3.05) is 0 Å². The Bertz CT molecular complexity index is 436. The molecule has 1 aromatic rings.